The van der Waals surface area contributed by atoms with E-state index in [1.165, 1.54) is 38.4 Å². The summed E-state index contributed by atoms with van der Waals surface area (Å²) in [6, 6.07) is 3.05. The van der Waals surface area contributed by atoms with Gasteiger partial charge < -0.3 is 24.2 Å². The lowest BCUT2D eigenvalue weighted by atomic mass is 10.1. The lowest BCUT2D eigenvalue weighted by molar-refractivity contribution is -0.137. The molecule has 0 radical (unpaired) electrons. The molecule has 1 aromatic carbocycles. The van der Waals surface area contributed by atoms with Crippen molar-refractivity contribution in [3.63, 3.8) is 0 Å². The quantitative estimate of drug-likeness (QED) is 0.743. The standard InChI is InChI=1S/C14H18BrNO6/c1-20-5-4-16(8-12(17)18)14(19)9-6-10(21-2)13(15)11(7-9)22-3/h6-7H,4-5,8H2,1-3H3,(H,17,18). The average Bonchev–Trinajstić information content (AvgIpc) is 2.50. The van der Waals surface area contributed by atoms with Gasteiger partial charge in [-0.2, -0.15) is 0 Å². The van der Waals surface area contributed by atoms with Crippen molar-refractivity contribution in [3.05, 3.63) is 22.2 Å². The van der Waals surface area contributed by atoms with Crippen LogP contribution in [0.15, 0.2) is 16.6 Å². The summed E-state index contributed by atoms with van der Waals surface area (Å²) >= 11 is 3.32. The minimum atomic E-state index is -1.10. The number of carboxylic acids is 1. The summed E-state index contributed by atoms with van der Waals surface area (Å²) < 4.78 is 15.8. The number of nitrogens with zero attached hydrogens (tertiary/aromatic N) is 1. The molecule has 0 aromatic heterocycles. The van der Waals surface area contributed by atoms with E-state index >= 15 is 0 Å². The molecule has 122 valence electrons. The van der Waals surface area contributed by atoms with Gasteiger partial charge in [0.2, 0.25) is 0 Å². The maximum atomic E-state index is 12.5. The molecule has 0 saturated carbocycles. The fraction of sp³-hybridized carbons (Fsp3) is 0.429. The first-order valence-corrected chi connectivity index (χ1v) is 7.15. The summed E-state index contributed by atoms with van der Waals surface area (Å²) in [6.45, 7) is -0.00493. The van der Waals surface area contributed by atoms with Crippen molar-refractivity contribution in [1.82, 2.24) is 4.90 Å². The molecule has 0 aliphatic rings. The zero-order valence-corrected chi connectivity index (χ0v) is 14.2. The van der Waals surface area contributed by atoms with Crippen LogP contribution < -0.4 is 9.47 Å². The second kappa shape index (κ2) is 8.60. The van der Waals surface area contributed by atoms with Crippen LogP contribution in [0.1, 0.15) is 10.4 Å². The molecule has 0 atom stereocenters. The Morgan fingerprint density at radius 2 is 1.73 bits per heavy atom. The van der Waals surface area contributed by atoms with Gasteiger partial charge in [-0.1, -0.05) is 0 Å². The van der Waals surface area contributed by atoms with Crippen LogP contribution in [0.25, 0.3) is 0 Å². The van der Waals surface area contributed by atoms with Crippen LogP contribution in [-0.2, 0) is 9.53 Å². The Hall–Kier alpha value is -1.80. The number of carboxylic acid groups (broad SMARTS) is 1. The van der Waals surface area contributed by atoms with Gasteiger partial charge in [-0.15, -0.1) is 0 Å². The van der Waals surface area contributed by atoms with Gasteiger partial charge in [0.15, 0.2) is 0 Å². The summed E-state index contributed by atoms with van der Waals surface area (Å²) in [5.74, 6) is -0.696. The van der Waals surface area contributed by atoms with Crippen LogP contribution >= 0.6 is 15.9 Å². The van der Waals surface area contributed by atoms with E-state index in [-0.39, 0.29) is 18.7 Å². The van der Waals surface area contributed by atoms with Crippen molar-refractivity contribution in [2.75, 3.05) is 41.0 Å². The summed E-state index contributed by atoms with van der Waals surface area (Å²) in [5, 5.41) is 8.93. The van der Waals surface area contributed by atoms with Crippen LogP contribution in [0, 0.1) is 0 Å². The van der Waals surface area contributed by atoms with E-state index in [0.29, 0.717) is 16.0 Å². The lowest BCUT2D eigenvalue weighted by Gasteiger charge is -2.21. The molecule has 8 heteroatoms. The molecule has 0 aliphatic carbocycles. The normalized spacial score (nSPS) is 10.2. The fourth-order valence-electron chi connectivity index (χ4n) is 1.79. The Morgan fingerprint density at radius 3 is 2.14 bits per heavy atom. The topological polar surface area (TPSA) is 85.3 Å². The monoisotopic (exact) mass is 375 g/mol. The molecule has 0 heterocycles. The van der Waals surface area contributed by atoms with Crippen molar-refractivity contribution in [1.29, 1.82) is 0 Å². The van der Waals surface area contributed by atoms with Gasteiger partial charge in [-0.25, -0.2) is 0 Å². The molecule has 0 aliphatic heterocycles. The van der Waals surface area contributed by atoms with Gasteiger partial charge in [0.05, 0.1) is 20.8 Å². The Kier molecular flexibility index (Phi) is 7.13. The number of carbonyl (C=O) groups excluding carboxylic acids is 1. The third kappa shape index (κ3) is 4.60. The maximum Gasteiger partial charge on any atom is 0.323 e. The Balaban J connectivity index is 3.14. The summed E-state index contributed by atoms with van der Waals surface area (Å²) in [4.78, 5) is 24.6. The number of aliphatic carboxylic acids is 1. The van der Waals surface area contributed by atoms with Crippen molar-refractivity contribution in [3.8, 4) is 11.5 Å². The van der Waals surface area contributed by atoms with E-state index < -0.39 is 18.4 Å². The number of methoxy groups -OCH3 is 3. The van der Waals surface area contributed by atoms with Gasteiger partial charge in [0.1, 0.15) is 22.5 Å². The number of hydrogen-bond donors (Lipinski definition) is 1. The molecule has 7 nitrogen and oxygen atoms in total. The van der Waals surface area contributed by atoms with Crippen molar-refractivity contribution >= 4 is 27.8 Å². The third-order valence-corrected chi connectivity index (χ3v) is 3.65. The maximum absolute atomic E-state index is 12.5. The minimum absolute atomic E-state index is 0.169. The Morgan fingerprint density at radius 1 is 1.18 bits per heavy atom. The minimum Gasteiger partial charge on any atom is -0.495 e. The molecule has 0 fully saturated rings. The first kappa shape index (κ1) is 18.2. The van der Waals surface area contributed by atoms with Crippen molar-refractivity contribution in [2.24, 2.45) is 0 Å². The lowest BCUT2D eigenvalue weighted by Crippen LogP contribution is -2.38. The third-order valence-electron chi connectivity index (χ3n) is 2.87. The first-order chi connectivity index (χ1) is 10.4. The zero-order valence-electron chi connectivity index (χ0n) is 12.6. The van der Waals surface area contributed by atoms with Crippen LogP contribution in [0.4, 0.5) is 0 Å². The van der Waals surface area contributed by atoms with Crippen LogP contribution in [0.5, 0.6) is 11.5 Å². The van der Waals surface area contributed by atoms with Gasteiger partial charge in [-0.05, 0) is 28.1 Å². The Labute approximate surface area is 136 Å². The molecule has 1 N–H and O–H groups in total. The summed E-state index contributed by atoms with van der Waals surface area (Å²) in [6.07, 6.45) is 0. The van der Waals surface area contributed by atoms with Crippen molar-refractivity contribution in [2.45, 2.75) is 0 Å². The molecule has 0 unspecified atom stereocenters. The molecule has 0 saturated heterocycles. The Bertz CT molecular complexity index is 523. The number of hydrogen-bond acceptors (Lipinski definition) is 5. The predicted molar refractivity (Wildman–Crippen MR) is 82.7 cm³/mol. The summed E-state index contributed by atoms with van der Waals surface area (Å²) in [5.41, 5.74) is 0.272. The highest BCUT2D eigenvalue weighted by atomic mass is 79.9. The van der Waals surface area contributed by atoms with Gasteiger partial charge >= 0.3 is 5.97 Å². The molecular weight excluding hydrogens is 358 g/mol. The highest BCUT2D eigenvalue weighted by Gasteiger charge is 2.21. The number of halogens is 1. The zero-order chi connectivity index (χ0) is 16.7. The average molecular weight is 376 g/mol. The van der Waals surface area contributed by atoms with E-state index in [0.717, 1.165) is 0 Å². The second-order valence-corrected chi connectivity index (χ2v) is 5.10. The second-order valence-electron chi connectivity index (χ2n) is 4.31. The molecule has 1 amide bonds. The molecular formula is C14H18BrNO6. The van der Waals surface area contributed by atoms with E-state index in [9.17, 15) is 9.59 Å². The number of benzene rings is 1. The van der Waals surface area contributed by atoms with Crippen LogP contribution in [0.3, 0.4) is 0 Å². The molecule has 22 heavy (non-hydrogen) atoms. The number of amides is 1. The number of rotatable bonds is 8. The van der Waals surface area contributed by atoms with Crippen LogP contribution in [-0.4, -0.2) is 62.9 Å². The van der Waals surface area contributed by atoms with Gasteiger partial charge in [0, 0.05) is 19.2 Å². The van der Waals surface area contributed by atoms with E-state index in [1.807, 2.05) is 0 Å². The van der Waals surface area contributed by atoms with Gasteiger partial charge in [0.25, 0.3) is 5.91 Å². The number of ether oxygens (including phenoxy) is 3. The smallest absolute Gasteiger partial charge is 0.323 e. The van der Waals surface area contributed by atoms with Crippen molar-refractivity contribution < 1.29 is 28.9 Å². The molecule has 1 rings (SSSR count). The fourth-order valence-corrected chi connectivity index (χ4v) is 2.35. The highest BCUT2D eigenvalue weighted by Crippen LogP contribution is 2.35. The number of carbonyl (C=O) groups is 2. The van der Waals surface area contributed by atoms with Gasteiger partial charge in [-0.3, -0.25) is 9.59 Å². The first-order valence-electron chi connectivity index (χ1n) is 6.36. The van der Waals surface area contributed by atoms with E-state index in [2.05, 4.69) is 15.9 Å². The SMILES string of the molecule is COCCN(CC(=O)O)C(=O)c1cc(OC)c(Br)c(OC)c1. The summed E-state index contributed by atoms with van der Waals surface area (Å²) in [7, 11) is 4.41. The van der Waals surface area contributed by atoms with E-state index in [4.69, 9.17) is 19.3 Å². The molecule has 1 aromatic rings. The van der Waals surface area contributed by atoms with Crippen LogP contribution in [0.2, 0.25) is 0 Å². The predicted octanol–water partition coefficient (Wildman–Crippen LogP) is 1.64. The molecule has 0 spiro atoms. The molecule has 0 bridgehead atoms. The highest BCUT2D eigenvalue weighted by molar-refractivity contribution is 9.10. The largest absolute Gasteiger partial charge is 0.495 e. The van der Waals surface area contributed by atoms with E-state index in [1.54, 1.807) is 0 Å².